The molecule has 0 aromatic heterocycles. The van der Waals surface area contributed by atoms with Gasteiger partial charge in [-0.25, -0.2) is 0 Å². The van der Waals surface area contributed by atoms with Crippen LogP contribution in [-0.2, 0) is 0 Å². The van der Waals surface area contributed by atoms with E-state index in [9.17, 15) is 0 Å². The molecule has 3 aliphatic rings. The lowest BCUT2D eigenvalue weighted by atomic mass is 9.55. The molecule has 98 valence electrons. The second-order valence-corrected chi connectivity index (χ2v) is 7.08. The second-order valence-electron chi connectivity index (χ2n) is 7.08. The molecule has 0 saturated heterocycles. The summed E-state index contributed by atoms with van der Waals surface area (Å²) in [7, 11) is 0. The summed E-state index contributed by atoms with van der Waals surface area (Å²) in [5.41, 5.74) is 0. The maximum absolute atomic E-state index is 2.45. The molecule has 0 amide bonds. The van der Waals surface area contributed by atoms with Crippen molar-refractivity contribution >= 4 is 0 Å². The molecule has 3 aliphatic carbocycles. The van der Waals surface area contributed by atoms with Crippen LogP contribution in [0.5, 0.6) is 0 Å². The predicted octanol–water partition coefficient (Wildman–Crippen LogP) is 5.28. The average molecular weight is 234 g/mol. The molecule has 3 fully saturated rings. The zero-order chi connectivity index (χ0) is 11.8. The Balaban J connectivity index is 1.77. The van der Waals surface area contributed by atoms with Gasteiger partial charge in [-0.3, -0.25) is 0 Å². The molecule has 17 heavy (non-hydrogen) atoms. The van der Waals surface area contributed by atoms with Gasteiger partial charge in [0, 0.05) is 0 Å². The Morgan fingerprint density at radius 3 is 2.29 bits per heavy atom. The van der Waals surface area contributed by atoms with Crippen molar-refractivity contribution in [2.75, 3.05) is 0 Å². The lowest BCUT2D eigenvalue weighted by molar-refractivity contribution is -0.00383. The Labute approximate surface area is 108 Å². The van der Waals surface area contributed by atoms with Gasteiger partial charge in [-0.05, 0) is 67.6 Å². The Morgan fingerprint density at radius 1 is 0.706 bits per heavy atom. The minimum absolute atomic E-state index is 1.07. The number of hydrogen-bond donors (Lipinski definition) is 0. The van der Waals surface area contributed by atoms with Crippen molar-refractivity contribution in [1.82, 2.24) is 0 Å². The van der Waals surface area contributed by atoms with E-state index in [0.717, 1.165) is 35.5 Å². The second kappa shape index (κ2) is 4.94. The third-order valence-electron chi connectivity index (χ3n) is 6.71. The zero-order valence-electron chi connectivity index (χ0n) is 11.8. The molecule has 3 rings (SSSR count). The highest BCUT2D eigenvalue weighted by Crippen LogP contribution is 2.56. The molecule has 0 nitrogen and oxygen atoms in total. The molecule has 0 heteroatoms. The van der Waals surface area contributed by atoms with Crippen LogP contribution in [0.15, 0.2) is 0 Å². The Hall–Kier alpha value is 0. The van der Waals surface area contributed by atoms with Gasteiger partial charge in [0.2, 0.25) is 0 Å². The Bertz CT molecular complexity index is 257. The molecule has 0 N–H and O–H groups in total. The highest BCUT2D eigenvalue weighted by atomic mass is 14.5. The van der Waals surface area contributed by atoms with E-state index >= 15 is 0 Å². The summed E-state index contributed by atoms with van der Waals surface area (Å²) in [5.74, 6) is 6.72. The topological polar surface area (TPSA) is 0 Å². The summed E-state index contributed by atoms with van der Waals surface area (Å²) in [6, 6.07) is 0. The highest BCUT2D eigenvalue weighted by molar-refractivity contribution is 4.96. The van der Waals surface area contributed by atoms with Crippen LogP contribution >= 0.6 is 0 Å². The monoisotopic (exact) mass is 234 g/mol. The molecule has 0 spiro atoms. The summed E-state index contributed by atoms with van der Waals surface area (Å²) >= 11 is 0. The van der Waals surface area contributed by atoms with Crippen LogP contribution in [-0.4, -0.2) is 0 Å². The highest BCUT2D eigenvalue weighted by Gasteiger charge is 2.47. The molecule has 6 atom stereocenters. The average Bonchev–Trinajstić information content (AvgIpc) is 2.85. The van der Waals surface area contributed by atoms with Crippen LogP contribution in [0.1, 0.15) is 71.6 Å². The molecule has 0 aromatic carbocycles. The summed E-state index contributed by atoms with van der Waals surface area (Å²) in [6.45, 7) is 4.88. The lowest BCUT2D eigenvalue weighted by Gasteiger charge is -2.50. The Morgan fingerprint density at radius 2 is 1.53 bits per heavy atom. The van der Waals surface area contributed by atoms with E-state index in [1.807, 2.05) is 0 Å². The van der Waals surface area contributed by atoms with Gasteiger partial charge < -0.3 is 0 Å². The lowest BCUT2D eigenvalue weighted by Crippen LogP contribution is -2.42. The summed E-state index contributed by atoms with van der Waals surface area (Å²) in [4.78, 5) is 0. The van der Waals surface area contributed by atoms with Crippen LogP contribution in [0.25, 0.3) is 0 Å². The van der Waals surface area contributed by atoms with Crippen molar-refractivity contribution in [3.8, 4) is 0 Å². The Kier molecular flexibility index (Phi) is 3.50. The van der Waals surface area contributed by atoms with Crippen molar-refractivity contribution in [3.05, 3.63) is 0 Å². The zero-order valence-corrected chi connectivity index (χ0v) is 11.8. The smallest absolute Gasteiger partial charge is 0.0352 e. The molecular formula is C17H30. The first-order valence-electron chi connectivity index (χ1n) is 8.35. The van der Waals surface area contributed by atoms with E-state index in [-0.39, 0.29) is 0 Å². The quantitative estimate of drug-likeness (QED) is 0.610. The van der Waals surface area contributed by atoms with E-state index in [4.69, 9.17) is 0 Å². The first-order chi connectivity index (χ1) is 8.35. The first kappa shape index (κ1) is 12.1. The van der Waals surface area contributed by atoms with E-state index in [2.05, 4.69) is 13.8 Å². The standard InChI is InChI=1S/C17H30/c1-3-12-8-10-17-15-7-5-6-13(15)9-11-16(17)14(12)4-2/h12-17H,3-11H2,1-2H3. The molecule has 6 unspecified atom stereocenters. The van der Waals surface area contributed by atoms with Crippen LogP contribution in [0.4, 0.5) is 0 Å². The van der Waals surface area contributed by atoms with Crippen molar-refractivity contribution in [2.45, 2.75) is 71.6 Å². The van der Waals surface area contributed by atoms with Crippen LogP contribution < -0.4 is 0 Å². The number of rotatable bonds is 2. The van der Waals surface area contributed by atoms with Crippen molar-refractivity contribution in [2.24, 2.45) is 35.5 Å². The van der Waals surface area contributed by atoms with Gasteiger partial charge in [0.05, 0.1) is 0 Å². The molecular weight excluding hydrogens is 204 g/mol. The van der Waals surface area contributed by atoms with Gasteiger partial charge in [-0.2, -0.15) is 0 Å². The summed E-state index contributed by atoms with van der Waals surface area (Å²) in [6.07, 6.45) is 13.9. The van der Waals surface area contributed by atoms with E-state index < -0.39 is 0 Å². The van der Waals surface area contributed by atoms with Crippen LogP contribution in [0, 0.1) is 35.5 Å². The van der Waals surface area contributed by atoms with Gasteiger partial charge in [-0.15, -0.1) is 0 Å². The van der Waals surface area contributed by atoms with E-state index in [1.165, 1.54) is 12.8 Å². The minimum atomic E-state index is 1.07. The fourth-order valence-corrected chi connectivity index (χ4v) is 6.00. The molecule has 0 aromatic rings. The third-order valence-corrected chi connectivity index (χ3v) is 6.71. The van der Waals surface area contributed by atoms with Crippen molar-refractivity contribution < 1.29 is 0 Å². The normalized spacial score (nSPS) is 49.8. The number of hydrogen-bond acceptors (Lipinski definition) is 0. The largest absolute Gasteiger partial charge is 0.0651 e. The van der Waals surface area contributed by atoms with Crippen LogP contribution in [0.2, 0.25) is 0 Å². The number of fused-ring (bicyclic) bond motifs is 3. The fourth-order valence-electron chi connectivity index (χ4n) is 6.00. The van der Waals surface area contributed by atoms with Gasteiger partial charge in [0.15, 0.2) is 0 Å². The summed E-state index contributed by atoms with van der Waals surface area (Å²) < 4.78 is 0. The van der Waals surface area contributed by atoms with Gasteiger partial charge in [0.1, 0.15) is 0 Å². The van der Waals surface area contributed by atoms with Gasteiger partial charge in [-0.1, -0.05) is 39.5 Å². The first-order valence-corrected chi connectivity index (χ1v) is 8.35. The van der Waals surface area contributed by atoms with Crippen molar-refractivity contribution in [3.63, 3.8) is 0 Å². The maximum Gasteiger partial charge on any atom is -0.0352 e. The molecule has 0 heterocycles. The third kappa shape index (κ3) is 1.96. The van der Waals surface area contributed by atoms with Gasteiger partial charge >= 0.3 is 0 Å². The summed E-state index contributed by atoms with van der Waals surface area (Å²) in [5, 5.41) is 0. The van der Waals surface area contributed by atoms with E-state index in [1.54, 1.807) is 44.9 Å². The van der Waals surface area contributed by atoms with Crippen molar-refractivity contribution in [1.29, 1.82) is 0 Å². The minimum Gasteiger partial charge on any atom is -0.0651 e. The van der Waals surface area contributed by atoms with E-state index in [0.29, 0.717) is 0 Å². The SMILES string of the molecule is CCC1CCC2C3CCCC3CCC2C1CC. The van der Waals surface area contributed by atoms with Crippen LogP contribution in [0.3, 0.4) is 0 Å². The molecule has 0 bridgehead atoms. The maximum atomic E-state index is 2.45. The molecule has 0 radical (unpaired) electrons. The predicted molar refractivity (Wildman–Crippen MR) is 73.8 cm³/mol. The van der Waals surface area contributed by atoms with Gasteiger partial charge in [0.25, 0.3) is 0 Å². The molecule has 0 aliphatic heterocycles. The molecule has 3 saturated carbocycles. The fraction of sp³-hybridized carbons (Fsp3) is 1.00.